The summed E-state index contributed by atoms with van der Waals surface area (Å²) in [7, 11) is 3.40. The Balaban J connectivity index is 1.66. The topological polar surface area (TPSA) is 38.8 Å². The number of ether oxygens (including phenoxy) is 2. The molecule has 3 aromatic rings. The van der Waals surface area contributed by atoms with Gasteiger partial charge in [-0.1, -0.05) is 48.5 Å². The first-order chi connectivity index (χ1) is 12.2. The molecule has 0 aromatic heterocycles. The Bertz CT molecular complexity index is 870. The summed E-state index contributed by atoms with van der Waals surface area (Å²) in [6.07, 6.45) is 0. The van der Waals surface area contributed by atoms with E-state index >= 15 is 0 Å². The van der Waals surface area contributed by atoms with Gasteiger partial charge in [0.1, 0.15) is 6.61 Å². The third-order valence-electron chi connectivity index (χ3n) is 4.12. The Morgan fingerprint density at radius 1 is 0.920 bits per heavy atom. The first-order valence-corrected chi connectivity index (χ1v) is 8.20. The van der Waals surface area contributed by atoms with Gasteiger partial charge in [-0.2, -0.15) is 0 Å². The van der Waals surface area contributed by atoms with Crippen molar-refractivity contribution in [1.29, 1.82) is 0 Å². The van der Waals surface area contributed by atoms with Crippen LogP contribution in [0.25, 0.3) is 10.8 Å². The zero-order chi connectivity index (χ0) is 17.6. The van der Waals surface area contributed by atoms with Crippen molar-refractivity contribution in [2.45, 2.75) is 0 Å². The Kier molecular flexibility index (Phi) is 5.19. The molecular weight excluding hydrogens is 314 g/mol. The molecule has 4 nitrogen and oxygen atoms in total. The maximum Gasteiger partial charge on any atom is 0.254 e. The van der Waals surface area contributed by atoms with Gasteiger partial charge in [-0.3, -0.25) is 4.79 Å². The number of fused-ring (bicyclic) bond motifs is 1. The lowest BCUT2D eigenvalue weighted by Crippen LogP contribution is -2.31. The van der Waals surface area contributed by atoms with Crippen molar-refractivity contribution < 1.29 is 14.3 Å². The number of rotatable bonds is 6. The maximum absolute atomic E-state index is 12.8. The van der Waals surface area contributed by atoms with Crippen LogP contribution in [0.4, 0.5) is 0 Å². The third-order valence-corrected chi connectivity index (χ3v) is 4.12. The first kappa shape index (κ1) is 16.8. The number of amides is 1. The highest BCUT2D eigenvalue weighted by Gasteiger charge is 2.14. The highest BCUT2D eigenvalue weighted by molar-refractivity contribution is 6.06. The number of methoxy groups -OCH3 is 1. The number of likely N-dealkylation sites (N-methyl/N-ethyl adjacent to an activating group) is 1. The van der Waals surface area contributed by atoms with Crippen molar-refractivity contribution in [3.63, 3.8) is 0 Å². The fourth-order valence-electron chi connectivity index (χ4n) is 2.75. The van der Waals surface area contributed by atoms with Crippen LogP contribution in [-0.2, 0) is 0 Å². The molecule has 0 N–H and O–H groups in total. The zero-order valence-electron chi connectivity index (χ0n) is 14.4. The summed E-state index contributed by atoms with van der Waals surface area (Å²) in [6, 6.07) is 21.2. The number of carbonyl (C=O) groups excluding carboxylic acids is 1. The molecule has 0 bridgehead atoms. The maximum atomic E-state index is 12.8. The molecule has 0 unspecified atom stereocenters. The van der Waals surface area contributed by atoms with Gasteiger partial charge in [-0.05, 0) is 29.0 Å². The van der Waals surface area contributed by atoms with E-state index in [1.165, 1.54) is 0 Å². The average molecular weight is 335 g/mol. The molecule has 128 valence electrons. The zero-order valence-corrected chi connectivity index (χ0v) is 14.4. The van der Waals surface area contributed by atoms with Crippen molar-refractivity contribution in [2.75, 3.05) is 27.3 Å². The lowest BCUT2D eigenvalue weighted by Gasteiger charge is -2.19. The SMILES string of the molecule is COc1ccccc1OCCN(C)C(=O)c1cccc2ccccc12. The first-order valence-electron chi connectivity index (χ1n) is 8.20. The van der Waals surface area contributed by atoms with Gasteiger partial charge in [-0.25, -0.2) is 0 Å². The molecule has 3 rings (SSSR count). The molecule has 0 heterocycles. The number of hydrogen-bond donors (Lipinski definition) is 0. The lowest BCUT2D eigenvalue weighted by molar-refractivity contribution is 0.0775. The van der Waals surface area contributed by atoms with E-state index in [1.54, 1.807) is 19.1 Å². The minimum absolute atomic E-state index is 0.0135. The molecule has 3 aromatic carbocycles. The minimum atomic E-state index is -0.0135. The molecule has 25 heavy (non-hydrogen) atoms. The van der Waals surface area contributed by atoms with Gasteiger partial charge in [-0.15, -0.1) is 0 Å². The predicted molar refractivity (Wildman–Crippen MR) is 99.4 cm³/mol. The number of carbonyl (C=O) groups is 1. The van der Waals surface area contributed by atoms with Gasteiger partial charge in [0.25, 0.3) is 5.91 Å². The van der Waals surface area contributed by atoms with Gasteiger partial charge in [0.05, 0.1) is 13.7 Å². The second-order valence-electron chi connectivity index (χ2n) is 5.75. The lowest BCUT2D eigenvalue weighted by atomic mass is 10.0. The monoisotopic (exact) mass is 335 g/mol. The fraction of sp³-hybridized carbons (Fsp3) is 0.190. The highest BCUT2D eigenvalue weighted by Crippen LogP contribution is 2.25. The van der Waals surface area contributed by atoms with Gasteiger partial charge in [0.2, 0.25) is 0 Å². The second-order valence-corrected chi connectivity index (χ2v) is 5.75. The van der Waals surface area contributed by atoms with Crippen LogP contribution in [-0.4, -0.2) is 38.1 Å². The molecule has 0 saturated heterocycles. The number of nitrogens with zero attached hydrogens (tertiary/aromatic N) is 1. The molecule has 4 heteroatoms. The summed E-state index contributed by atoms with van der Waals surface area (Å²) < 4.78 is 11.0. The van der Waals surface area contributed by atoms with Crippen LogP contribution in [0, 0.1) is 0 Å². The van der Waals surface area contributed by atoms with Crippen LogP contribution in [0.3, 0.4) is 0 Å². The van der Waals surface area contributed by atoms with Gasteiger partial charge in [0.15, 0.2) is 11.5 Å². The smallest absolute Gasteiger partial charge is 0.254 e. The van der Waals surface area contributed by atoms with Crippen LogP contribution in [0.5, 0.6) is 11.5 Å². The van der Waals surface area contributed by atoms with E-state index in [1.807, 2.05) is 66.7 Å². The molecule has 0 aliphatic heterocycles. The van der Waals surface area contributed by atoms with Crippen LogP contribution in [0.15, 0.2) is 66.7 Å². The van der Waals surface area contributed by atoms with Crippen molar-refractivity contribution >= 4 is 16.7 Å². The van der Waals surface area contributed by atoms with E-state index in [0.717, 1.165) is 10.8 Å². The average Bonchev–Trinajstić information content (AvgIpc) is 2.67. The molecule has 0 radical (unpaired) electrons. The highest BCUT2D eigenvalue weighted by atomic mass is 16.5. The van der Waals surface area contributed by atoms with Gasteiger partial charge in [0, 0.05) is 12.6 Å². The van der Waals surface area contributed by atoms with Gasteiger partial charge >= 0.3 is 0 Å². The van der Waals surface area contributed by atoms with E-state index in [2.05, 4.69) is 0 Å². The Hall–Kier alpha value is -3.01. The summed E-state index contributed by atoms with van der Waals surface area (Å²) in [5.74, 6) is 1.35. The van der Waals surface area contributed by atoms with Crippen molar-refractivity contribution in [2.24, 2.45) is 0 Å². The summed E-state index contributed by atoms with van der Waals surface area (Å²) in [5, 5.41) is 2.03. The predicted octanol–water partition coefficient (Wildman–Crippen LogP) is 4.00. The number of hydrogen-bond acceptors (Lipinski definition) is 3. The summed E-state index contributed by atoms with van der Waals surface area (Å²) >= 11 is 0. The van der Waals surface area contributed by atoms with Crippen molar-refractivity contribution in [3.8, 4) is 11.5 Å². The van der Waals surface area contributed by atoms with E-state index in [-0.39, 0.29) is 5.91 Å². The Labute approximate surface area is 147 Å². The normalized spacial score (nSPS) is 10.5. The van der Waals surface area contributed by atoms with Crippen LogP contribution < -0.4 is 9.47 Å². The fourth-order valence-corrected chi connectivity index (χ4v) is 2.75. The van der Waals surface area contributed by atoms with Crippen molar-refractivity contribution in [3.05, 3.63) is 72.3 Å². The molecule has 0 fully saturated rings. The molecule has 0 aliphatic carbocycles. The standard InChI is InChI=1S/C21H21NO3/c1-22(14-15-25-20-13-6-5-12-19(20)24-2)21(23)18-11-7-9-16-8-3-4-10-17(16)18/h3-13H,14-15H2,1-2H3. The van der Waals surface area contributed by atoms with Crippen LogP contribution in [0.2, 0.25) is 0 Å². The summed E-state index contributed by atoms with van der Waals surface area (Å²) in [4.78, 5) is 14.4. The second kappa shape index (κ2) is 7.71. The van der Waals surface area contributed by atoms with E-state index in [9.17, 15) is 4.79 Å². The largest absolute Gasteiger partial charge is 0.493 e. The molecule has 0 atom stereocenters. The summed E-state index contributed by atoms with van der Waals surface area (Å²) in [6.45, 7) is 0.882. The summed E-state index contributed by atoms with van der Waals surface area (Å²) in [5.41, 5.74) is 0.706. The third kappa shape index (κ3) is 3.74. The molecule has 0 spiro atoms. The molecule has 0 saturated carbocycles. The van der Waals surface area contributed by atoms with Crippen molar-refractivity contribution in [1.82, 2.24) is 4.90 Å². The molecule has 1 amide bonds. The molecule has 0 aliphatic rings. The number of benzene rings is 3. The molecular formula is C21H21NO3. The van der Waals surface area contributed by atoms with Gasteiger partial charge < -0.3 is 14.4 Å². The van der Waals surface area contributed by atoms with Crippen LogP contribution >= 0.6 is 0 Å². The van der Waals surface area contributed by atoms with Crippen LogP contribution in [0.1, 0.15) is 10.4 Å². The quantitative estimate of drug-likeness (QED) is 0.683. The minimum Gasteiger partial charge on any atom is -0.493 e. The van der Waals surface area contributed by atoms with E-state index < -0.39 is 0 Å². The Morgan fingerprint density at radius 2 is 1.60 bits per heavy atom. The van der Waals surface area contributed by atoms with E-state index in [0.29, 0.717) is 30.2 Å². The number of para-hydroxylation sites is 2. The Morgan fingerprint density at radius 3 is 2.40 bits per heavy atom. The van der Waals surface area contributed by atoms with E-state index in [4.69, 9.17) is 9.47 Å².